The Bertz CT molecular complexity index is 1000. The normalized spacial score (nSPS) is 14.4. The zero-order valence-corrected chi connectivity index (χ0v) is 18.4. The van der Waals surface area contributed by atoms with Crippen LogP contribution >= 0.6 is 0 Å². The van der Waals surface area contributed by atoms with Gasteiger partial charge >= 0.3 is 0 Å². The van der Waals surface area contributed by atoms with Crippen molar-refractivity contribution in [3.63, 3.8) is 0 Å². The van der Waals surface area contributed by atoms with Crippen LogP contribution in [0.5, 0.6) is 0 Å². The molecule has 0 spiro atoms. The molecule has 0 atom stereocenters. The Kier molecular flexibility index (Phi) is 6.24. The highest BCUT2D eigenvalue weighted by Gasteiger charge is 2.21. The van der Waals surface area contributed by atoms with E-state index in [1.165, 1.54) is 27.6 Å². The number of carbonyl (C=O) groups is 1. The van der Waals surface area contributed by atoms with Crippen molar-refractivity contribution >= 4 is 16.9 Å². The van der Waals surface area contributed by atoms with E-state index < -0.39 is 0 Å². The van der Waals surface area contributed by atoms with E-state index in [9.17, 15) is 4.79 Å². The van der Waals surface area contributed by atoms with Gasteiger partial charge in [-0.2, -0.15) is 0 Å². The number of carbonyl (C=O) groups excluding carboxylic acids is 1. The summed E-state index contributed by atoms with van der Waals surface area (Å²) in [6.45, 7) is 7.88. The van der Waals surface area contributed by atoms with Gasteiger partial charge in [-0.1, -0.05) is 30.3 Å². The minimum absolute atomic E-state index is 0.266. The van der Waals surface area contributed by atoms with Gasteiger partial charge in [0, 0.05) is 31.4 Å². The average molecular weight is 405 g/mol. The van der Waals surface area contributed by atoms with E-state index in [1.54, 1.807) is 0 Å². The third kappa shape index (κ3) is 4.76. The fourth-order valence-corrected chi connectivity index (χ4v) is 4.33. The van der Waals surface area contributed by atoms with Crippen molar-refractivity contribution in [2.45, 2.75) is 39.5 Å². The molecule has 158 valence electrons. The molecule has 0 radical (unpaired) electrons. The van der Waals surface area contributed by atoms with Crippen molar-refractivity contribution in [3.05, 3.63) is 70.5 Å². The highest BCUT2D eigenvalue weighted by atomic mass is 16.3. The van der Waals surface area contributed by atoms with Crippen LogP contribution in [0.2, 0.25) is 0 Å². The minimum Gasteiger partial charge on any atom is -0.461 e. The predicted molar refractivity (Wildman–Crippen MR) is 122 cm³/mol. The van der Waals surface area contributed by atoms with E-state index in [0.717, 1.165) is 56.8 Å². The lowest BCUT2D eigenvalue weighted by molar-refractivity contribution is -0.130. The van der Waals surface area contributed by atoms with E-state index in [-0.39, 0.29) is 5.91 Å². The van der Waals surface area contributed by atoms with Crippen LogP contribution in [-0.2, 0) is 24.1 Å². The molecular weight excluding hydrogens is 372 g/mol. The first kappa shape index (κ1) is 20.7. The lowest BCUT2D eigenvalue weighted by atomic mass is 9.97. The molecule has 2 heterocycles. The third-order valence-corrected chi connectivity index (χ3v) is 6.35. The molecule has 0 fully saturated rings. The topological polar surface area (TPSA) is 36.7 Å². The Morgan fingerprint density at radius 1 is 1.03 bits per heavy atom. The van der Waals surface area contributed by atoms with E-state index in [2.05, 4.69) is 55.0 Å². The van der Waals surface area contributed by atoms with Crippen molar-refractivity contribution in [1.29, 1.82) is 0 Å². The Morgan fingerprint density at radius 3 is 2.60 bits per heavy atom. The van der Waals surface area contributed by atoms with Gasteiger partial charge in [0.25, 0.3) is 0 Å². The Hall–Kier alpha value is -2.59. The summed E-state index contributed by atoms with van der Waals surface area (Å²) in [6, 6.07) is 14.8. The molecule has 0 aliphatic carbocycles. The highest BCUT2D eigenvalue weighted by Crippen LogP contribution is 2.22. The van der Waals surface area contributed by atoms with Crippen LogP contribution in [0.15, 0.2) is 46.9 Å². The maximum absolute atomic E-state index is 12.7. The maximum atomic E-state index is 12.7. The van der Waals surface area contributed by atoms with Crippen LogP contribution < -0.4 is 0 Å². The predicted octanol–water partition coefficient (Wildman–Crippen LogP) is 4.54. The van der Waals surface area contributed by atoms with E-state index in [1.807, 2.05) is 18.2 Å². The van der Waals surface area contributed by atoms with Gasteiger partial charge in [0.15, 0.2) is 0 Å². The number of fused-ring (bicyclic) bond motifs is 2. The third-order valence-electron chi connectivity index (χ3n) is 6.35. The van der Waals surface area contributed by atoms with Crippen molar-refractivity contribution in [2.75, 3.05) is 33.2 Å². The van der Waals surface area contributed by atoms with Gasteiger partial charge in [-0.3, -0.25) is 4.79 Å². The first-order valence-corrected chi connectivity index (χ1v) is 11.0. The fourth-order valence-electron chi connectivity index (χ4n) is 4.33. The molecule has 1 aliphatic rings. The minimum atomic E-state index is 0.266. The number of hydrogen-bond donors (Lipinski definition) is 0. The van der Waals surface area contributed by atoms with Crippen LogP contribution in [-0.4, -0.2) is 48.9 Å². The number of aryl methyl sites for hydroxylation is 2. The first-order chi connectivity index (χ1) is 14.5. The zero-order valence-electron chi connectivity index (χ0n) is 18.4. The van der Waals surface area contributed by atoms with Gasteiger partial charge in [-0.15, -0.1) is 0 Å². The molecule has 2 aromatic carbocycles. The monoisotopic (exact) mass is 404 g/mol. The number of furan rings is 1. The SMILES string of the molecule is Cc1cc2c(cc1C)CC(=O)N(CCCN(C)CCc1cc3ccccc3o1)CC2. The molecule has 0 bridgehead atoms. The van der Waals surface area contributed by atoms with Gasteiger partial charge in [0.2, 0.25) is 5.91 Å². The van der Waals surface area contributed by atoms with Crippen LogP contribution in [0.3, 0.4) is 0 Å². The van der Waals surface area contributed by atoms with Gasteiger partial charge in [0.1, 0.15) is 11.3 Å². The summed E-state index contributed by atoms with van der Waals surface area (Å²) in [7, 11) is 2.15. The number of para-hydroxylation sites is 1. The largest absolute Gasteiger partial charge is 0.461 e. The number of hydrogen-bond acceptors (Lipinski definition) is 3. The second kappa shape index (κ2) is 9.05. The number of amides is 1. The molecule has 4 rings (SSSR count). The molecule has 4 heteroatoms. The van der Waals surface area contributed by atoms with Crippen molar-refractivity contribution in [3.8, 4) is 0 Å². The highest BCUT2D eigenvalue weighted by molar-refractivity contribution is 5.80. The molecule has 0 N–H and O–H groups in total. The number of likely N-dealkylation sites (N-methyl/N-ethyl adjacent to an activating group) is 1. The van der Waals surface area contributed by atoms with E-state index >= 15 is 0 Å². The van der Waals surface area contributed by atoms with Crippen molar-refractivity contribution < 1.29 is 9.21 Å². The van der Waals surface area contributed by atoms with E-state index in [0.29, 0.717) is 6.42 Å². The summed E-state index contributed by atoms with van der Waals surface area (Å²) in [5.74, 6) is 1.30. The smallest absolute Gasteiger partial charge is 0.227 e. The van der Waals surface area contributed by atoms with Crippen LogP contribution in [0.25, 0.3) is 11.0 Å². The fraction of sp³-hybridized carbons (Fsp3) is 0.423. The molecule has 1 aromatic heterocycles. The lowest BCUT2D eigenvalue weighted by Gasteiger charge is -2.22. The summed E-state index contributed by atoms with van der Waals surface area (Å²) in [5.41, 5.74) is 6.12. The zero-order chi connectivity index (χ0) is 21.1. The first-order valence-electron chi connectivity index (χ1n) is 11.0. The second-order valence-corrected chi connectivity index (χ2v) is 8.67. The Labute approximate surface area is 179 Å². The molecule has 30 heavy (non-hydrogen) atoms. The summed E-state index contributed by atoms with van der Waals surface area (Å²) in [4.78, 5) is 17.1. The second-order valence-electron chi connectivity index (χ2n) is 8.67. The van der Waals surface area contributed by atoms with Crippen molar-refractivity contribution in [1.82, 2.24) is 9.80 Å². The van der Waals surface area contributed by atoms with Crippen molar-refractivity contribution in [2.24, 2.45) is 0 Å². The van der Waals surface area contributed by atoms with Gasteiger partial charge < -0.3 is 14.2 Å². The summed E-state index contributed by atoms with van der Waals surface area (Å²) < 4.78 is 5.91. The number of benzene rings is 2. The maximum Gasteiger partial charge on any atom is 0.227 e. The Morgan fingerprint density at radius 2 is 1.80 bits per heavy atom. The molecule has 0 saturated heterocycles. The summed E-state index contributed by atoms with van der Waals surface area (Å²) in [5, 5.41) is 1.17. The number of nitrogens with zero attached hydrogens (tertiary/aromatic N) is 2. The molecule has 4 nitrogen and oxygen atoms in total. The molecule has 1 aliphatic heterocycles. The Balaban J connectivity index is 1.24. The average Bonchev–Trinajstić information content (AvgIpc) is 3.08. The standard InChI is InChI=1S/C26H32N2O2/c1-19-15-21-9-14-28(26(29)18-23(21)16-20(19)2)12-6-11-27(3)13-10-24-17-22-7-4-5-8-25(22)30-24/h4-5,7-8,15-17H,6,9-14,18H2,1-3H3. The number of rotatable bonds is 7. The van der Waals surface area contributed by atoms with E-state index in [4.69, 9.17) is 4.42 Å². The van der Waals surface area contributed by atoms with Crippen LogP contribution in [0.4, 0.5) is 0 Å². The van der Waals surface area contributed by atoms with Gasteiger partial charge in [0.05, 0.1) is 6.42 Å². The molecule has 0 saturated carbocycles. The quantitative estimate of drug-likeness (QED) is 0.580. The lowest BCUT2D eigenvalue weighted by Crippen LogP contribution is -2.35. The molecule has 1 amide bonds. The molecule has 3 aromatic rings. The van der Waals surface area contributed by atoms with Gasteiger partial charge in [-0.05, 0) is 74.7 Å². The summed E-state index contributed by atoms with van der Waals surface area (Å²) in [6.07, 6.45) is 3.40. The molecular formula is C26H32N2O2. The van der Waals surface area contributed by atoms with Crippen LogP contribution in [0.1, 0.15) is 34.4 Å². The van der Waals surface area contributed by atoms with Crippen LogP contribution in [0, 0.1) is 13.8 Å². The van der Waals surface area contributed by atoms with Gasteiger partial charge in [-0.25, -0.2) is 0 Å². The summed E-state index contributed by atoms with van der Waals surface area (Å²) >= 11 is 0. The molecule has 0 unspecified atom stereocenters.